The van der Waals surface area contributed by atoms with Crippen LogP contribution >= 0.6 is 0 Å². The van der Waals surface area contributed by atoms with Crippen molar-refractivity contribution in [2.75, 3.05) is 20.2 Å². The molecular formula is C20H30N4O4. The molecule has 0 spiro atoms. The number of aromatic nitrogens is 2. The van der Waals surface area contributed by atoms with Crippen LogP contribution in [0.4, 0.5) is 0 Å². The number of nitrogens with one attached hydrogen (secondary N) is 1. The Morgan fingerprint density at radius 1 is 1.25 bits per heavy atom. The molecule has 2 heterocycles. The van der Waals surface area contributed by atoms with Gasteiger partial charge in [-0.1, -0.05) is 0 Å². The van der Waals surface area contributed by atoms with Gasteiger partial charge in [-0.05, 0) is 40.0 Å². The first kappa shape index (κ1) is 20.5. The number of nitrogens with zero attached hydrogens (tertiary/aromatic N) is 3. The fraction of sp³-hybridized carbons (Fsp3) is 0.700. The molecule has 1 aromatic rings. The smallest absolute Gasteiger partial charge is 0.224 e. The number of carbonyl (C=O) groups is 3. The molecule has 1 aliphatic carbocycles. The molecule has 1 aliphatic heterocycles. The van der Waals surface area contributed by atoms with Gasteiger partial charge in [0.2, 0.25) is 11.8 Å². The van der Waals surface area contributed by atoms with E-state index in [1.54, 1.807) is 11.7 Å². The van der Waals surface area contributed by atoms with E-state index in [4.69, 9.17) is 4.74 Å². The maximum Gasteiger partial charge on any atom is 0.224 e. The van der Waals surface area contributed by atoms with Crippen LogP contribution in [0.3, 0.4) is 0 Å². The Morgan fingerprint density at radius 3 is 2.64 bits per heavy atom. The van der Waals surface area contributed by atoms with Gasteiger partial charge in [0.15, 0.2) is 5.78 Å². The zero-order valence-electron chi connectivity index (χ0n) is 17.2. The van der Waals surface area contributed by atoms with Gasteiger partial charge in [-0.25, -0.2) is 0 Å². The van der Waals surface area contributed by atoms with Crippen molar-refractivity contribution in [3.63, 3.8) is 0 Å². The second-order valence-corrected chi connectivity index (χ2v) is 7.76. The van der Waals surface area contributed by atoms with Crippen LogP contribution in [0.15, 0.2) is 0 Å². The number of morpholine rings is 1. The van der Waals surface area contributed by atoms with Crippen LogP contribution in [-0.2, 0) is 20.9 Å². The zero-order chi connectivity index (χ0) is 20.4. The van der Waals surface area contributed by atoms with E-state index in [-0.39, 0.29) is 35.7 Å². The van der Waals surface area contributed by atoms with E-state index in [2.05, 4.69) is 10.4 Å². The summed E-state index contributed by atoms with van der Waals surface area (Å²) in [5.74, 6) is 0.00652. The molecule has 2 fully saturated rings. The van der Waals surface area contributed by atoms with Crippen molar-refractivity contribution in [1.29, 1.82) is 0 Å². The largest absolute Gasteiger partial charge is 0.374 e. The Morgan fingerprint density at radius 2 is 2.00 bits per heavy atom. The minimum atomic E-state index is -0.0719. The fourth-order valence-electron chi connectivity index (χ4n) is 4.63. The summed E-state index contributed by atoms with van der Waals surface area (Å²) in [6, 6.07) is -0.0504. The molecule has 154 valence electrons. The Bertz CT molecular complexity index is 773. The highest BCUT2D eigenvalue weighted by atomic mass is 16.5. The molecule has 3 rings (SSSR count). The van der Waals surface area contributed by atoms with E-state index in [1.165, 1.54) is 6.92 Å². The average Bonchev–Trinajstić information content (AvgIpc) is 2.97. The van der Waals surface area contributed by atoms with Crippen LogP contribution in [0.5, 0.6) is 0 Å². The Kier molecular flexibility index (Phi) is 6.17. The Balaban J connectivity index is 1.67. The highest BCUT2D eigenvalue weighted by molar-refractivity contribution is 5.96. The molecule has 0 bridgehead atoms. The molecule has 8 nitrogen and oxygen atoms in total. The van der Waals surface area contributed by atoms with Crippen molar-refractivity contribution in [1.82, 2.24) is 20.0 Å². The van der Waals surface area contributed by atoms with Gasteiger partial charge in [0, 0.05) is 38.2 Å². The van der Waals surface area contributed by atoms with E-state index in [9.17, 15) is 14.4 Å². The number of aryl methyl sites for hydroxylation is 2. The zero-order valence-corrected chi connectivity index (χ0v) is 17.2. The molecule has 0 unspecified atom stereocenters. The summed E-state index contributed by atoms with van der Waals surface area (Å²) in [5.41, 5.74) is 2.14. The van der Waals surface area contributed by atoms with Crippen molar-refractivity contribution < 1.29 is 19.1 Å². The summed E-state index contributed by atoms with van der Waals surface area (Å²) in [4.78, 5) is 38.7. The van der Waals surface area contributed by atoms with Crippen LogP contribution in [0.2, 0.25) is 0 Å². The summed E-state index contributed by atoms with van der Waals surface area (Å²) < 4.78 is 7.62. The number of rotatable bonds is 5. The fourth-order valence-corrected chi connectivity index (χ4v) is 4.63. The van der Waals surface area contributed by atoms with Gasteiger partial charge < -0.3 is 15.0 Å². The summed E-state index contributed by atoms with van der Waals surface area (Å²) in [7, 11) is 1.65. The molecular weight excluding hydrogens is 360 g/mol. The first-order valence-electron chi connectivity index (χ1n) is 10.0. The molecule has 8 heteroatoms. The van der Waals surface area contributed by atoms with Crippen LogP contribution in [0, 0.1) is 19.8 Å². The molecule has 1 aromatic heterocycles. The topological polar surface area (TPSA) is 93.5 Å². The number of ketones is 1. The van der Waals surface area contributed by atoms with Crippen LogP contribution in [0.1, 0.15) is 54.4 Å². The predicted octanol–water partition coefficient (Wildman–Crippen LogP) is 1.23. The SMILES string of the molecule is CNC(=O)[C@H]1CC[C@H]2OCCN(C(=O)CCn3nc(C)c(C(C)=O)c3C)[C@@H]2C1. The van der Waals surface area contributed by atoms with Gasteiger partial charge in [-0.2, -0.15) is 5.10 Å². The third-order valence-corrected chi connectivity index (χ3v) is 6.03. The summed E-state index contributed by atoms with van der Waals surface area (Å²) in [6.07, 6.45) is 2.56. The minimum Gasteiger partial charge on any atom is -0.374 e. The van der Waals surface area contributed by atoms with Crippen molar-refractivity contribution in [3.05, 3.63) is 17.0 Å². The lowest BCUT2D eigenvalue weighted by Gasteiger charge is -2.45. The maximum atomic E-state index is 13.0. The summed E-state index contributed by atoms with van der Waals surface area (Å²) in [5, 5.41) is 7.15. The van der Waals surface area contributed by atoms with Gasteiger partial charge in [0.1, 0.15) is 0 Å². The highest BCUT2D eigenvalue weighted by Gasteiger charge is 2.41. The molecule has 28 heavy (non-hydrogen) atoms. The average molecular weight is 390 g/mol. The van der Waals surface area contributed by atoms with Crippen molar-refractivity contribution in [3.8, 4) is 0 Å². The van der Waals surface area contributed by atoms with Crippen LogP contribution < -0.4 is 5.32 Å². The number of fused-ring (bicyclic) bond motifs is 1. The molecule has 2 aliphatic rings. The number of hydrogen-bond acceptors (Lipinski definition) is 5. The minimum absolute atomic E-state index is 0.00829. The van der Waals surface area contributed by atoms with E-state index < -0.39 is 0 Å². The lowest BCUT2D eigenvalue weighted by atomic mass is 9.81. The summed E-state index contributed by atoms with van der Waals surface area (Å²) >= 11 is 0. The second-order valence-electron chi connectivity index (χ2n) is 7.76. The van der Waals surface area contributed by atoms with Gasteiger partial charge >= 0.3 is 0 Å². The quantitative estimate of drug-likeness (QED) is 0.764. The maximum absolute atomic E-state index is 13.0. The van der Waals surface area contributed by atoms with Gasteiger partial charge in [0.05, 0.1) is 30.0 Å². The predicted molar refractivity (Wildman–Crippen MR) is 103 cm³/mol. The van der Waals surface area contributed by atoms with Crippen molar-refractivity contribution >= 4 is 17.6 Å². The van der Waals surface area contributed by atoms with Crippen LogP contribution in [0.25, 0.3) is 0 Å². The number of amides is 2. The monoisotopic (exact) mass is 390 g/mol. The first-order valence-corrected chi connectivity index (χ1v) is 10.0. The number of ether oxygens (including phenoxy) is 1. The molecule has 3 atom stereocenters. The van der Waals surface area contributed by atoms with E-state index in [0.29, 0.717) is 43.8 Å². The van der Waals surface area contributed by atoms with E-state index in [1.807, 2.05) is 18.7 Å². The summed E-state index contributed by atoms with van der Waals surface area (Å²) in [6.45, 7) is 6.73. The second kappa shape index (κ2) is 8.43. The normalized spacial score (nSPS) is 24.6. The molecule has 0 radical (unpaired) electrons. The number of hydrogen-bond donors (Lipinski definition) is 1. The molecule has 1 N–H and O–H groups in total. The van der Waals surface area contributed by atoms with Gasteiger partial charge in [-0.3, -0.25) is 19.1 Å². The standard InChI is InChI=1S/C20H30N4O4/c1-12-19(14(3)25)13(2)24(22-12)8-7-18(26)23-9-10-28-17-6-5-15(11-16(17)23)20(27)21-4/h15-17H,5-11H2,1-4H3,(H,21,27)/t15-,16+,17+/m0/s1. The van der Waals surface area contributed by atoms with Crippen molar-refractivity contribution in [2.45, 2.75) is 65.1 Å². The third kappa shape index (κ3) is 3.97. The third-order valence-electron chi connectivity index (χ3n) is 6.03. The van der Waals surface area contributed by atoms with Crippen LogP contribution in [-0.4, -0.2) is 64.6 Å². The lowest BCUT2D eigenvalue weighted by Crippen LogP contribution is -2.57. The van der Waals surface area contributed by atoms with E-state index in [0.717, 1.165) is 18.5 Å². The Labute approximate surface area is 165 Å². The van der Waals surface area contributed by atoms with Crippen molar-refractivity contribution in [2.24, 2.45) is 5.92 Å². The molecule has 0 aromatic carbocycles. The van der Waals surface area contributed by atoms with Gasteiger partial charge in [-0.15, -0.1) is 0 Å². The number of carbonyl (C=O) groups excluding carboxylic acids is 3. The number of Topliss-reactive ketones (excluding diaryl/α,β-unsaturated/α-hetero) is 1. The molecule has 1 saturated heterocycles. The molecule has 2 amide bonds. The lowest BCUT2D eigenvalue weighted by molar-refractivity contribution is -0.154. The first-order chi connectivity index (χ1) is 13.3. The van der Waals surface area contributed by atoms with E-state index >= 15 is 0 Å². The highest BCUT2D eigenvalue weighted by Crippen LogP contribution is 2.32. The van der Waals surface area contributed by atoms with Gasteiger partial charge in [0.25, 0.3) is 0 Å². The Hall–Kier alpha value is -2.22. The molecule has 1 saturated carbocycles.